The zero-order valence-corrected chi connectivity index (χ0v) is 8.64. The minimum absolute atomic E-state index is 0.472. The van der Waals surface area contributed by atoms with Crippen LogP contribution in [0.1, 0.15) is 52.9 Å². The van der Waals surface area contributed by atoms with Gasteiger partial charge in [0.2, 0.25) is 0 Å². The van der Waals surface area contributed by atoms with Gasteiger partial charge in [-0.25, -0.2) is 0 Å². The molecule has 2 heteroatoms. The van der Waals surface area contributed by atoms with Crippen molar-refractivity contribution < 1.29 is 0 Å². The van der Waals surface area contributed by atoms with Gasteiger partial charge >= 0.3 is 0 Å². The Bertz CT molecular complexity index is 126. The van der Waals surface area contributed by atoms with Crippen LogP contribution in [0, 0.1) is 0 Å². The molecule has 2 N–H and O–H groups in total. The molecule has 0 heterocycles. The lowest BCUT2D eigenvalue weighted by Gasteiger charge is -2.10. The summed E-state index contributed by atoms with van der Waals surface area (Å²) in [6.07, 6.45) is 6.08. The van der Waals surface area contributed by atoms with Crippen LogP contribution in [0.25, 0.3) is 0 Å². The van der Waals surface area contributed by atoms with E-state index in [1.165, 1.54) is 32.1 Å². The van der Waals surface area contributed by atoms with Gasteiger partial charge in [0, 0.05) is 0 Å². The Kier molecular flexibility index (Phi) is 6.82. The molecule has 2 nitrogen and oxygen atoms in total. The molecule has 0 aliphatic rings. The minimum atomic E-state index is 0.472. The molecule has 0 fully saturated rings. The smallest absolute Gasteiger partial charge is 0.0909 e. The molecule has 0 aliphatic carbocycles. The summed E-state index contributed by atoms with van der Waals surface area (Å²) in [5, 5.41) is 0. The van der Waals surface area contributed by atoms with Crippen molar-refractivity contribution in [3.8, 4) is 0 Å². The Morgan fingerprint density at radius 3 is 2.33 bits per heavy atom. The third-order valence-electron chi connectivity index (χ3n) is 1.90. The van der Waals surface area contributed by atoms with Gasteiger partial charge in [-0.1, -0.05) is 33.1 Å². The van der Waals surface area contributed by atoms with Gasteiger partial charge in [0.1, 0.15) is 0 Å². The van der Waals surface area contributed by atoms with Gasteiger partial charge in [-0.3, -0.25) is 4.99 Å². The number of unbranched alkanes of at least 4 members (excludes halogenated alkanes) is 1. The van der Waals surface area contributed by atoms with Crippen molar-refractivity contribution in [2.75, 3.05) is 0 Å². The van der Waals surface area contributed by atoms with Crippen LogP contribution in [0.3, 0.4) is 0 Å². The van der Waals surface area contributed by atoms with Crippen LogP contribution in [0.5, 0.6) is 0 Å². The lowest BCUT2D eigenvalue weighted by molar-refractivity contribution is 0.537. The highest BCUT2D eigenvalue weighted by Crippen LogP contribution is 2.10. The zero-order valence-electron chi connectivity index (χ0n) is 8.64. The van der Waals surface area contributed by atoms with E-state index in [2.05, 4.69) is 18.8 Å². The second-order valence-electron chi connectivity index (χ2n) is 3.36. The second kappa shape index (κ2) is 7.14. The van der Waals surface area contributed by atoms with Gasteiger partial charge < -0.3 is 5.73 Å². The largest absolute Gasteiger partial charge is 0.388 e. The molecule has 0 amide bonds. The first-order chi connectivity index (χ1) is 5.70. The molecule has 0 aromatic carbocycles. The van der Waals surface area contributed by atoms with Crippen molar-refractivity contribution in [2.45, 2.75) is 58.9 Å². The summed E-state index contributed by atoms with van der Waals surface area (Å²) in [5.74, 6) is 0.726. The Morgan fingerprint density at radius 2 is 1.92 bits per heavy atom. The number of nitrogens with two attached hydrogens (primary N) is 1. The number of hydrogen-bond donors (Lipinski definition) is 1. The van der Waals surface area contributed by atoms with E-state index in [-0.39, 0.29) is 0 Å². The van der Waals surface area contributed by atoms with Crippen molar-refractivity contribution >= 4 is 5.84 Å². The van der Waals surface area contributed by atoms with Gasteiger partial charge in [-0.05, 0) is 19.8 Å². The Labute approximate surface area is 76.3 Å². The molecule has 0 bridgehead atoms. The molecule has 0 aromatic heterocycles. The molecule has 0 radical (unpaired) electrons. The average molecular weight is 170 g/mol. The van der Waals surface area contributed by atoms with Crippen LogP contribution in [-0.4, -0.2) is 11.9 Å². The first kappa shape index (κ1) is 11.5. The summed E-state index contributed by atoms with van der Waals surface area (Å²) < 4.78 is 0. The van der Waals surface area contributed by atoms with E-state index in [4.69, 9.17) is 5.73 Å². The standard InChI is InChI=1S/C10H22N2/c1-4-6-8-10(7-5-2)12-9(3)11/h10H,4-8H2,1-3H3,(H2,11,12). The van der Waals surface area contributed by atoms with E-state index in [1.54, 1.807) is 0 Å². The fourth-order valence-corrected chi connectivity index (χ4v) is 1.33. The molecule has 0 rings (SSSR count). The summed E-state index contributed by atoms with van der Waals surface area (Å²) in [7, 11) is 0. The average Bonchev–Trinajstić information content (AvgIpc) is 2.00. The summed E-state index contributed by atoms with van der Waals surface area (Å²) in [6, 6.07) is 0.472. The zero-order chi connectivity index (χ0) is 9.40. The monoisotopic (exact) mass is 170 g/mol. The van der Waals surface area contributed by atoms with Gasteiger partial charge in [0.05, 0.1) is 11.9 Å². The molecule has 1 atom stereocenters. The first-order valence-corrected chi connectivity index (χ1v) is 5.00. The van der Waals surface area contributed by atoms with Crippen molar-refractivity contribution in [3.05, 3.63) is 0 Å². The van der Waals surface area contributed by atoms with E-state index in [1.807, 2.05) is 6.92 Å². The highest BCUT2D eigenvalue weighted by molar-refractivity contribution is 5.77. The third-order valence-corrected chi connectivity index (χ3v) is 1.90. The van der Waals surface area contributed by atoms with Gasteiger partial charge in [-0.2, -0.15) is 0 Å². The Balaban J connectivity index is 3.78. The summed E-state index contributed by atoms with van der Waals surface area (Å²) in [4.78, 5) is 4.40. The quantitative estimate of drug-likeness (QED) is 0.483. The molecular formula is C10H22N2. The van der Waals surface area contributed by atoms with E-state index in [0.29, 0.717) is 6.04 Å². The fraction of sp³-hybridized carbons (Fsp3) is 0.900. The molecule has 0 saturated carbocycles. The van der Waals surface area contributed by atoms with E-state index < -0.39 is 0 Å². The fourth-order valence-electron chi connectivity index (χ4n) is 1.33. The van der Waals surface area contributed by atoms with E-state index >= 15 is 0 Å². The van der Waals surface area contributed by atoms with Crippen LogP contribution in [0.15, 0.2) is 4.99 Å². The first-order valence-electron chi connectivity index (χ1n) is 5.00. The van der Waals surface area contributed by atoms with Crippen molar-refractivity contribution in [3.63, 3.8) is 0 Å². The highest BCUT2D eigenvalue weighted by atomic mass is 14.9. The number of rotatable bonds is 6. The lowest BCUT2D eigenvalue weighted by Crippen LogP contribution is -2.13. The summed E-state index contributed by atoms with van der Waals surface area (Å²) in [6.45, 7) is 6.27. The predicted octanol–water partition coefficient (Wildman–Crippen LogP) is 2.72. The van der Waals surface area contributed by atoms with Gasteiger partial charge in [0.15, 0.2) is 0 Å². The van der Waals surface area contributed by atoms with Gasteiger partial charge in [0.25, 0.3) is 0 Å². The lowest BCUT2D eigenvalue weighted by atomic mass is 10.1. The molecule has 0 aromatic rings. The Morgan fingerprint density at radius 1 is 1.25 bits per heavy atom. The molecule has 12 heavy (non-hydrogen) atoms. The number of hydrogen-bond acceptors (Lipinski definition) is 1. The van der Waals surface area contributed by atoms with Crippen molar-refractivity contribution in [1.29, 1.82) is 0 Å². The third kappa shape index (κ3) is 6.20. The van der Waals surface area contributed by atoms with Crippen LogP contribution < -0.4 is 5.73 Å². The van der Waals surface area contributed by atoms with Crippen LogP contribution >= 0.6 is 0 Å². The molecule has 72 valence electrons. The maximum Gasteiger partial charge on any atom is 0.0909 e. The van der Waals surface area contributed by atoms with Crippen LogP contribution in [0.4, 0.5) is 0 Å². The topological polar surface area (TPSA) is 38.4 Å². The molecule has 0 saturated heterocycles. The maximum absolute atomic E-state index is 5.55. The van der Waals surface area contributed by atoms with Crippen LogP contribution in [-0.2, 0) is 0 Å². The Hall–Kier alpha value is -0.530. The maximum atomic E-state index is 5.55. The number of aliphatic imine (C=N–C) groups is 1. The van der Waals surface area contributed by atoms with Crippen LogP contribution in [0.2, 0.25) is 0 Å². The van der Waals surface area contributed by atoms with Gasteiger partial charge in [-0.15, -0.1) is 0 Å². The SMILES string of the molecule is CCCCC(CCC)N=C(C)N. The van der Waals surface area contributed by atoms with Crippen molar-refractivity contribution in [1.82, 2.24) is 0 Å². The minimum Gasteiger partial charge on any atom is -0.388 e. The highest BCUT2D eigenvalue weighted by Gasteiger charge is 2.03. The molecule has 0 aliphatic heterocycles. The predicted molar refractivity (Wildman–Crippen MR) is 55.5 cm³/mol. The summed E-state index contributed by atoms with van der Waals surface area (Å²) >= 11 is 0. The number of amidine groups is 1. The number of nitrogens with zero attached hydrogens (tertiary/aromatic N) is 1. The summed E-state index contributed by atoms with van der Waals surface area (Å²) in [5.41, 5.74) is 5.55. The second-order valence-corrected chi connectivity index (χ2v) is 3.36. The molecule has 1 unspecified atom stereocenters. The molecular weight excluding hydrogens is 148 g/mol. The van der Waals surface area contributed by atoms with Crippen molar-refractivity contribution in [2.24, 2.45) is 10.7 Å². The van der Waals surface area contributed by atoms with E-state index in [0.717, 1.165) is 5.84 Å². The normalized spacial score (nSPS) is 14.8. The van der Waals surface area contributed by atoms with E-state index in [9.17, 15) is 0 Å². The molecule has 0 spiro atoms.